The van der Waals surface area contributed by atoms with Crippen LogP contribution in [0.5, 0.6) is 0 Å². The molecule has 2 N–H and O–H groups in total. The molecule has 2 rings (SSSR count). The molecule has 14 heavy (non-hydrogen) atoms. The SMILES string of the molecule is O=C1C(Cl)=COC2C1CCC(O)C2O. The number of carbonyl (C=O) groups excluding carboxylic acids is 1. The van der Waals surface area contributed by atoms with Gasteiger partial charge in [-0.05, 0) is 12.8 Å². The number of halogens is 1. The molecule has 4 atom stereocenters. The Kier molecular flexibility index (Phi) is 2.51. The summed E-state index contributed by atoms with van der Waals surface area (Å²) in [4.78, 5) is 11.5. The van der Waals surface area contributed by atoms with E-state index in [1.165, 1.54) is 0 Å². The van der Waals surface area contributed by atoms with Crippen molar-refractivity contribution in [3.8, 4) is 0 Å². The maximum absolute atomic E-state index is 11.5. The number of ether oxygens (including phenoxy) is 1. The number of carbonyl (C=O) groups is 1. The lowest BCUT2D eigenvalue weighted by atomic mass is 9.79. The van der Waals surface area contributed by atoms with Gasteiger partial charge in [0.2, 0.25) is 0 Å². The van der Waals surface area contributed by atoms with Gasteiger partial charge in [0.15, 0.2) is 5.78 Å². The second kappa shape index (κ2) is 3.53. The highest BCUT2D eigenvalue weighted by Gasteiger charge is 2.45. The van der Waals surface area contributed by atoms with E-state index in [1.54, 1.807) is 0 Å². The van der Waals surface area contributed by atoms with Crippen molar-refractivity contribution in [1.82, 2.24) is 0 Å². The van der Waals surface area contributed by atoms with Crippen molar-refractivity contribution >= 4 is 17.4 Å². The molecule has 1 fully saturated rings. The van der Waals surface area contributed by atoms with Gasteiger partial charge in [0.25, 0.3) is 0 Å². The first kappa shape index (κ1) is 9.96. The molecule has 2 aliphatic rings. The van der Waals surface area contributed by atoms with Crippen LogP contribution in [-0.4, -0.2) is 34.3 Å². The molecule has 4 nitrogen and oxygen atoms in total. The number of hydrogen-bond donors (Lipinski definition) is 2. The lowest BCUT2D eigenvalue weighted by Gasteiger charge is -2.38. The molecule has 1 heterocycles. The standard InChI is InChI=1S/C9H11ClO4/c10-5-3-14-9-4(7(5)12)1-2-6(11)8(9)13/h3-4,6,8-9,11,13H,1-2H2. The average molecular weight is 219 g/mol. The lowest BCUT2D eigenvalue weighted by molar-refractivity contribution is -0.145. The number of hydrogen-bond acceptors (Lipinski definition) is 4. The Balaban J connectivity index is 2.23. The normalized spacial score (nSPS) is 42.5. The number of allylic oxidation sites excluding steroid dienone is 1. The van der Waals surface area contributed by atoms with E-state index < -0.39 is 24.2 Å². The largest absolute Gasteiger partial charge is 0.493 e. The number of rotatable bonds is 0. The Bertz CT molecular complexity index is 289. The van der Waals surface area contributed by atoms with Gasteiger partial charge < -0.3 is 14.9 Å². The number of fused-ring (bicyclic) bond motifs is 1. The summed E-state index contributed by atoms with van der Waals surface area (Å²) >= 11 is 5.61. The molecule has 0 bridgehead atoms. The topological polar surface area (TPSA) is 66.8 Å². The molecule has 0 spiro atoms. The fourth-order valence-electron chi connectivity index (χ4n) is 1.97. The quantitative estimate of drug-likeness (QED) is 0.608. The predicted molar refractivity (Wildman–Crippen MR) is 48.6 cm³/mol. The van der Waals surface area contributed by atoms with E-state index in [4.69, 9.17) is 16.3 Å². The third-order valence-corrected chi connectivity index (χ3v) is 3.08. The van der Waals surface area contributed by atoms with Crippen LogP contribution in [0.4, 0.5) is 0 Å². The lowest BCUT2D eigenvalue weighted by Crippen LogP contribution is -2.51. The Morgan fingerprint density at radius 1 is 1.43 bits per heavy atom. The van der Waals surface area contributed by atoms with Crippen molar-refractivity contribution in [3.63, 3.8) is 0 Å². The van der Waals surface area contributed by atoms with Gasteiger partial charge in [-0.2, -0.15) is 0 Å². The molecule has 1 saturated carbocycles. The molecular weight excluding hydrogens is 208 g/mol. The first-order valence-corrected chi connectivity index (χ1v) is 4.90. The summed E-state index contributed by atoms with van der Waals surface area (Å²) in [6.07, 6.45) is -0.401. The summed E-state index contributed by atoms with van der Waals surface area (Å²) in [5.74, 6) is -0.611. The summed E-state index contributed by atoms with van der Waals surface area (Å²) in [7, 11) is 0. The molecule has 1 aliphatic heterocycles. The first-order valence-electron chi connectivity index (χ1n) is 4.52. The molecule has 0 aromatic heterocycles. The van der Waals surface area contributed by atoms with Gasteiger partial charge in [0.05, 0.1) is 12.0 Å². The molecule has 0 aromatic carbocycles. The van der Waals surface area contributed by atoms with Gasteiger partial charge in [-0.1, -0.05) is 11.6 Å². The highest BCUT2D eigenvalue weighted by atomic mass is 35.5. The molecule has 0 saturated heterocycles. The van der Waals surface area contributed by atoms with Crippen molar-refractivity contribution in [2.24, 2.45) is 5.92 Å². The fraction of sp³-hybridized carbons (Fsp3) is 0.667. The van der Waals surface area contributed by atoms with Gasteiger partial charge >= 0.3 is 0 Å². The van der Waals surface area contributed by atoms with E-state index >= 15 is 0 Å². The molecular formula is C9H11ClO4. The third-order valence-electron chi connectivity index (χ3n) is 2.80. The van der Waals surface area contributed by atoms with Gasteiger partial charge in [0, 0.05) is 0 Å². The second-order valence-corrected chi connectivity index (χ2v) is 4.08. The van der Waals surface area contributed by atoms with Crippen LogP contribution in [0.15, 0.2) is 11.3 Å². The highest BCUT2D eigenvalue weighted by molar-refractivity contribution is 6.42. The monoisotopic (exact) mass is 218 g/mol. The van der Waals surface area contributed by atoms with Crippen molar-refractivity contribution in [3.05, 3.63) is 11.3 Å². The molecule has 78 valence electrons. The van der Waals surface area contributed by atoms with E-state index in [1.807, 2.05) is 0 Å². The van der Waals surface area contributed by atoms with Gasteiger partial charge in [-0.25, -0.2) is 0 Å². The molecule has 0 radical (unpaired) electrons. The number of aliphatic hydroxyl groups is 2. The molecule has 4 unspecified atom stereocenters. The van der Waals surface area contributed by atoms with Crippen LogP contribution >= 0.6 is 11.6 Å². The van der Waals surface area contributed by atoms with E-state index in [9.17, 15) is 15.0 Å². The minimum atomic E-state index is -1.00. The van der Waals surface area contributed by atoms with E-state index in [0.717, 1.165) is 6.26 Å². The zero-order valence-corrected chi connectivity index (χ0v) is 8.15. The molecule has 5 heteroatoms. The number of Topliss-reactive ketones (excluding diaryl/α,β-unsaturated/α-hetero) is 1. The van der Waals surface area contributed by atoms with E-state index in [0.29, 0.717) is 12.8 Å². The zero-order chi connectivity index (χ0) is 10.3. The van der Waals surface area contributed by atoms with Crippen LogP contribution in [-0.2, 0) is 9.53 Å². The smallest absolute Gasteiger partial charge is 0.184 e. The van der Waals surface area contributed by atoms with Crippen LogP contribution < -0.4 is 0 Å². The van der Waals surface area contributed by atoms with E-state index in [2.05, 4.69) is 0 Å². The van der Waals surface area contributed by atoms with E-state index in [-0.39, 0.29) is 10.8 Å². The van der Waals surface area contributed by atoms with Crippen LogP contribution in [0.2, 0.25) is 0 Å². The number of aliphatic hydroxyl groups excluding tert-OH is 2. The maximum Gasteiger partial charge on any atom is 0.184 e. The van der Waals surface area contributed by atoms with Crippen molar-refractivity contribution in [2.45, 2.75) is 31.2 Å². The first-order chi connectivity index (χ1) is 6.61. The summed E-state index contributed by atoms with van der Waals surface area (Å²) < 4.78 is 5.12. The van der Waals surface area contributed by atoms with Crippen LogP contribution in [0.3, 0.4) is 0 Å². The van der Waals surface area contributed by atoms with Gasteiger partial charge in [-0.15, -0.1) is 0 Å². The summed E-state index contributed by atoms with van der Waals surface area (Å²) in [6, 6.07) is 0. The zero-order valence-electron chi connectivity index (χ0n) is 7.39. The van der Waals surface area contributed by atoms with Crippen LogP contribution in [0.25, 0.3) is 0 Å². The Morgan fingerprint density at radius 3 is 2.86 bits per heavy atom. The third kappa shape index (κ3) is 1.43. The van der Waals surface area contributed by atoms with Gasteiger partial charge in [-0.3, -0.25) is 4.79 Å². The summed E-state index contributed by atoms with van der Waals surface area (Å²) in [5, 5.41) is 19.0. The van der Waals surface area contributed by atoms with Crippen molar-refractivity contribution in [1.29, 1.82) is 0 Å². The highest BCUT2D eigenvalue weighted by Crippen LogP contribution is 2.34. The van der Waals surface area contributed by atoms with Gasteiger partial charge in [0.1, 0.15) is 23.5 Å². The predicted octanol–water partition coefficient (Wildman–Crippen LogP) is 0.166. The Morgan fingerprint density at radius 2 is 2.14 bits per heavy atom. The number of ketones is 1. The maximum atomic E-state index is 11.5. The molecule has 0 aromatic rings. The minimum absolute atomic E-state index is 0.0647. The minimum Gasteiger partial charge on any atom is -0.493 e. The summed E-state index contributed by atoms with van der Waals surface area (Å²) in [6.45, 7) is 0. The van der Waals surface area contributed by atoms with Crippen LogP contribution in [0.1, 0.15) is 12.8 Å². The summed E-state index contributed by atoms with van der Waals surface area (Å²) in [5.41, 5.74) is 0. The van der Waals surface area contributed by atoms with Crippen LogP contribution in [0, 0.1) is 5.92 Å². The molecule has 0 amide bonds. The fourth-order valence-corrected chi connectivity index (χ4v) is 2.16. The average Bonchev–Trinajstić information content (AvgIpc) is 2.17. The molecule has 1 aliphatic carbocycles. The Labute approximate surface area is 86.1 Å². The van der Waals surface area contributed by atoms with Crippen molar-refractivity contribution in [2.75, 3.05) is 0 Å². The second-order valence-electron chi connectivity index (χ2n) is 3.67. The Hall–Kier alpha value is -0.580. The van der Waals surface area contributed by atoms with Crippen molar-refractivity contribution < 1.29 is 19.7 Å².